The van der Waals surface area contributed by atoms with Crippen LogP contribution < -0.4 is 5.32 Å². The summed E-state index contributed by atoms with van der Waals surface area (Å²) >= 11 is 4.18. The number of esters is 1. The lowest BCUT2D eigenvalue weighted by atomic mass is 10.0. The third kappa shape index (κ3) is 14.8. The molecule has 3 nitrogen and oxygen atoms in total. The van der Waals surface area contributed by atoms with Gasteiger partial charge in [-0.1, -0.05) is 46.6 Å². The van der Waals surface area contributed by atoms with Crippen LogP contribution in [0.3, 0.4) is 0 Å². The van der Waals surface area contributed by atoms with E-state index < -0.39 is 0 Å². The van der Waals surface area contributed by atoms with Crippen LogP contribution in [0.2, 0.25) is 0 Å². The molecule has 0 saturated heterocycles. The highest BCUT2D eigenvalue weighted by Gasteiger charge is 2.15. The normalized spacial score (nSPS) is 14.0. The fraction of sp³-hybridized carbons (Fsp3) is 0.625. The molecule has 0 fully saturated rings. The van der Waals surface area contributed by atoms with Crippen LogP contribution in [0.5, 0.6) is 0 Å². The lowest BCUT2D eigenvalue weighted by molar-refractivity contribution is -0.142. The first-order valence-electron chi connectivity index (χ1n) is 10.3. The van der Waals surface area contributed by atoms with Gasteiger partial charge in [0.25, 0.3) is 0 Å². The Bertz CT molecular complexity index is 569. The molecule has 0 aliphatic heterocycles. The molecule has 0 spiro atoms. The summed E-state index contributed by atoms with van der Waals surface area (Å²) < 4.78 is 4.74. The molecule has 0 bridgehead atoms. The topological polar surface area (TPSA) is 38.3 Å². The maximum absolute atomic E-state index is 11.5. The molecule has 0 amide bonds. The Hall–Kier alpha value is -1.26. The van der Waals surface area contributed by atoms with Crippen molar-refractivity contribution in [3.05, 3.63) is 46.6 Å². The molecule has 0 rings (SSSR count). The van der Waals surface area contributed by atoms with E-state index in [0.29, 0.717) is 12.3 Å². The first-order chi connectivity index (χ1) is 13.3. The van der Waals surface area contributed by atoms with Crippen LogP contribution in [0.4, 0.5) is 0 Å². The summed E-state index contributed by atoms with van der Waals surface area (Å²) in [6.45, 7) is 11.6. The van der Waals surface area contributed by atoms with Gasteiger partial charge in [-0.15, -0.1) is 0 Å². The van der Waals surface area contributed by atoms with Crippen LogP contribution in [-0.2, 0) is 9.53 Å². The molecular formula is C24H41NO2S. The summed E-state index contributed by atoms with van der Waals surface area (Å²) in [7, 11) is 1.40. The second-order valence-corrected chi connectivity index (χ2v) is 8.08. The number of hydrogen-bond donors (Lipinski definition) is 2. The third-order valence-corrected chi connectivity index (χ3v) is 5.00. The molecule has 0 aromatic heterocycles. The van der Waals surface area contributed by atoms with Gasteiger partial charge in [0.1, 0.15) is 6.04 Å². The summed E-state index contributed by atoms with van der Waals surface area (Å²) in [5.74, 6) is 0.172. The van der Waals surface area contributed by atoms with Gasteiger partial charge in [-0.3, -0.25) is 4.79 Å². The molecule has 0 aromatic carbocycles. The van der Waals surface area contributed by atoms with Crippen LogP contribution >= 0.6 is 12.6 Å². The number of methoxy groups -OCH3 is 1. The number of thiol groups is 1. The van der Waals surface area contributed by atoms with E-state index in [1.807, 2.05) is 0 Å². The van der Waals surface area contributed by atoms with Crippen LogP contribution in [0.15, 0.2) is 46.6 Å². The number of carbonyl (C=O) groups is 1. The van der Waals surface area contributed by atoms with E-state index in [9.17, 15) is 4.79 Å². The van der Waals surface area contributed by atoms with Crippen molar-refractivity contribution < 1.29 is 9.53 Å². The van der Waals surface area contributed by atoms with Crippen LogP contribution in [0.1, 0.15) is 73.1 Å². The molecule has 1 atom stereocenters. The first-order valence-corrected chi connectivity index (χ1v) is 11.0. The lowest BCUT2D eigenvalue weighted by Gasteiger charge is -2.12. The Morgan fingerprint density at radius 3 is 1.75 bits per heavy atom. The zero-order valence-corrected chi connectivity index (χ0v) is 19.7. The third-order valence-electron chi connectivity index (χ3n) is 4.64. The van der Waals surface area contributed by atoms with Gasteiger partial charge in [-0.05, 0) is 73.1 Å². The van der Waals surface area contributed by atoms with Crippen LogP contribution in [-0.4, -0.2) is 31.4 Å². The summed E-state index contributed by atoms with van der Waals surface area (Å²) in [6, 6.07) is -0.349. The number of rotatable bonds is 14. The molecule has 0 radical (unpaired) electrons. The molecule has 0 aliphatic carbocycles. The number of ether oxygens (including phenoxy) is 1. The smallest absolute Gasteiger partial charge is 0.323 e. The second kappa shape index (κ2) is 16.7. The quantitative estimate of drug-likeness (QED) is 0.205. The van der Waals surface area contributed by atoms with Gasteiger partial charge in [0.15, 0.2) is 0 Å². The van der Waals surface area contributed by atoms with Crippen molar-refractivity contribution in [3.8, 4) is 0 Å². The predicted octanol–water partition coefficient (Wildman–Crippen LogP) is 6.19. The van der Waals surface area contributed by atoms with Crippen molar-refractivity contribution in [3.63, 3.8) is 0 Å². The molecule has 28 heavy (non-hydrogen) atoms. The Kier molecular flexibility index (Phi) is 15.9. The van der Waals surface area contributed by atoms with Crippen LogP contribution in [0.25, 0.3) is 0 Å². The minimum absolute atomic E-state index is 0.263. The number of hydrogen-bond acceptors (Lipinski definition) is 4. The van der Waals surface area contributed by atoms with Crippen molar-refractivity contribution in [1.29, 1.82) is 0 Å². The van der Waals surface area contributed by atoms with E-state index in [2.05, 4.69) is 76.9 Å². The lowest BCUT2D eigenvalue weighted by Crippen LogP contribution is -2.39. The van der Waals surface area contributed by atoms with Crippen molar-refractivity contribution >= 4 is 18.6 Å². The maximum atomic E-state index is 11.5. The fourth-order valence-electron chi connectivity index (χ4n) is 2.73. The maximum Gasteiger partial charge on any atom is 0.323 e. The summed E-state index contributed by atoms with van der Waals surface area (Å²) in [5.41, 5.74) is 5.68. The molecular weight excluding hydrogens is 366 g/mol. The molecule has 4 heteroatoms. The number of nitrogens with one attached hydrogen (secondary N) is 1. The molecule has 1 N–H and O–H groups in total. The van der Waals surface area contributed by atoms with E-state index in [0.717, 1.165) is 38.5 Å². The minimum atomic E-state index is -0.349. The molecule has 0 saturated carbocycles. The molecule has 0 unspecified atom stereocenters. The molecule has 0 aromatic rings. The van der Waals surface area contributed by atoms with E-state index in [-0.39, 0.29) is 12.0 Å². The van der Waals surface area contributed by atoms with E-state index in [1.165, 1.54) is 29.4 Å². The van der Waals surface area contributed by atoms with Gasteiger partial charge in [-0.25, -0.2) is 0 Å². The highest BCUT2D eigenvalue weighted by molar-refractivity contribution is 7.80. The van der Waals surface area contributed by atoms with Crippen molar-refractivity contribution in [1.82, 2.24) is 5.32 Å². The average molecular weight is 408 g/mol. The predicted molar refractivity (Wildman–Crippen MR) is 126 cm³/mol. The largest absolute Gasteiger partial charge is 0.468 e. The molecule has 160 valence electrons. The van der Waals surface area contributed by atoms with Crippen molar-refractivity contribution in [2.75, 3.05) is 19.4 Å². The van der Waals surface area contributed by atoms with Crippen molar-refractivity contribution in [2.45, 2.75) is 79.2 Å². The van der Waals surface area contributed by atoms with Gasteiger partial charge in [0.05, 0.1) is 7.11 Å². The number of allylic oxidation sites excluding steroid dienone is 7. The standard InChI is InChI=1S/C24H41NO2S/c1-19(2)10-7-11-20(3)12-8-13-21(4)14-9-15-22(5)16-17-25-23(18-28)24(26)27-6/h10,12,14,16,23,25,28H,7-9,11,13,15,17-18H2,1-6H3/b20-12+,21-14+,22-16+/t23-/m0/s1. The summed E-state index contributed by atoms with van der Waals surface area (Å²) in [6.07, 6.45) is 15.8. The summed E-state index contributed by atoms with van der Waals surface area (Å²) in [4.78, 5) is 11.5. The fourth-order valence-corrected chi connectivity index (χ4v) is 3.01. The Balaban J connectivity index is 4.12. The van der Waals surface area contributed by atoms with Crippen LogP contribution in [0, 0.1) is 0 Å². The Morgan fingerprint density at radius 1 is 0.857 bits per heavy atom. The highest BCUT2D eigenvalue weighted by Crippen LogP contribution is 2.13. The van der Waals surface area contributed by atoms with Gasteiger partial charge < -0.3 is 10.1 Å². The molecule has 0 aliphatic rings. The first kappa shape index (κ1) is 26.7. The van der Waals surface area contributed by atoms with Gasteiger partial charge in [0, 0.05) is 12.3 Å². The SMILES string of the molecule is COC(=O)[C@H](CS)NC/C=C(\C)CC/C=C(\C)CC/C=C(\C)CCC=C(C)C. The Morgan fingerprint density at radius 2 is 1.32 bits per heavy atom. The van der Waals surface area contributed by atoms with Crippen molar-refractivity contribution in [2.24, 2.45) is 0 Å². The Labute approximate surface area is 178 Å². The van der Waals surface area contributed by atoms with E-state index >= 15 is 0 Å². The number of carbonyl (C=O) groups excluding carboxylic acids is 1. The van der Waals surface area contributed by atoms with Gasteiger partial charge >= 0.3 is 5.97 Å². The minimum Gasteiger partial charge on any atom is -0.468 e. The van der Waals surface area contributed by atoms with Gasteiger partial charge in [0.2, 0.25) is 0 Å². The zero-order chi connectivity index (χ0) is 21.4. The zero-order valence-electron chi connectivity index (χ0n) is 18.8. The van der Waals surface area contributed by atoms with Gasteiger partial charge in [-0.2, -0.15) is 12.6 Å². The summed E-state index contributed by atoms with van der Waals surface area (Å²) in [5, 5.41) is 3.16. The molecule has 0 heterocycles. The second-order valence-electron chi connectivity index (χ2n) is 7.72. The van der Waals surface area contributed by atoms with E-state index in [1.54, 1.807) is 0 Å². The van der Waals surface area contributed by atoms with E-state index in [4.69, 9.17) is 4.74 Å². The highest BCUT2D eigenvalue weighted by atomic mass is 32.1. The monoisotopic (exact) mass is 407 g/mol. The average Bonchev–Trinajstić information content (AvgIpc) is 2.64.